The monoisotopic (exact) mass is 711 g/mol. The number of allylic oxidation sites excluding steroid dienone is 1. The van der Waals surface area contributed by atoms with Crippen molar-refractivity contribution in [2.24, 2.45) is 11.3 Å². The number of carbonyl (C=O) groups excluding carboxylic acids is 1. The van der Waals surface area contributed by atoms with Gasteiger partial charge in [0.15, 0.2) is 0 Å². The number of hydrogen-bond acceptors (Lipinski definition) is 8. The number of aromatic nitrogens is 2. The van der Waals surface area contributed by atoms with Crippen molar-refractivity contribution in [3.63, 3.8) is 0 Å². The number of hydrogen-bond donors (Lipinski definition) is 3. The summed E-state index contributed by atoms with van der Waals surface area (Å²) in [4.78, 5) is 17.1. The molecule has 0 radical (unpaired) electrons. The highest BCUT2D eigenvalue weighted by Crippen LogP contribution is 2.41. The molecule has 0 saturated heterocycles. The number of benzene rings is 2. The van der Waals surface area contributed by atoms with E-state index in [9.17, 15) is 4.79 Å². The van der Waals surface area contributed by atoms with Crippen molar-refractivity contribution in [3.05, 3.63) is 95.3 Å². The molecule has 0 saturated carbocycles. The van der Waals surface area contributed by atoms with Crippen molar-refractivity contribution < 1.29 is 14.3 Å². The van der Waals surface area contributed by atoms with Crippen LogP contribution in [-0.2, 0) is 40.3 Å². The molecule has 0 bridgehead atoms. The molecule has 3 N–H and O–H groups in total. The maximum absolute atomic E-state index is 12.4. The molecular formula is C42H57N5O3S. The zero-order valence-corrected chi connectivity index (χ0v) is 32.7. The molecule has 2 aromatic heterocycles. The van der Waals surface area contributed by atoms with Gasteiger partial charge >= 0.3 is 0 Å². The van der Waals surface area contributed by atoms with E-state index < -0.39 is 6.04 Å². The van der Waals surface area contributed by atoms with Crippen LogP contribution in [0.5, 0.6) is 0 Å². The molecule has 1 unspecified atom stereocenters. The van der Waals surface area contributed by atoms with Gasteiger partial charge in [0.1, 0.15) is 6.29 Å². The van der Waals surface area contributed by atoms with Crippen LogP contribution >= 0.6 is 11.9 Å². The summed E-state index contributed by atoms with van der Waals surface area (Å²) in [6.45, 7) is 19.1. The van der Waals surface area contributed by atoms with Crippen LogP contribution in [0.4, 0.5) is 5.69 Å². The molecule has 0 aliphatic carbocycles. The molecule has 9 heteroatoms. The van der Waals surface area contributed by atoms with Gasteiger partial charge in [0, 0.05) is 60.9 Å². The van der Waals surface area contributed by atoms with Gasteiger partial charge in [0.2, 0.25) is 0 Å². The van der Waals surface area contributed by atoms with Crippen LogP contribution in [0.15, 0.2) is 78.5 Å². The Labute approximate surface area is 309 Å². The summed E-state index contributed by atoms with van der Waals surface area (Å²) in [5.74, 6) is 0.331. The van der Waals surface area contributed by atoms with Crippen LogP contribution in [0.25, 0.3) is 33.3 Å². The third kappa shape index (κ3) is 9.92. The van der Waals surface area contributed by atoms with Gasteiger partial charge in [0.05, 0.1) is 30.6 Å². The van der Waals surface area contributed by atoms with Crippen molar-refractivity contribution in [2.75, 3.05) is 32.6 Å². The van der Waals surface area contributed by atoms with Gasteiger partial charge in [-0.3, -0.25) is 4.98 Å². The summed E-state index contributed by atoms with van der Waals surface area (Å²) >= 11 is 1.52. The first-order valence-electron chi connectivity index (χ1n) is 17.8. The number of aldehydes is 1. The predicted molar refractivity (Wildman–Crippen MR) is 216 cm³/mol. The lowest BCUT2D eigenvalue weighted by molar-refractivity contribution is -0.109. The van der Waals surface area contributed by atoms with Crippen LogP contribution in [0.3, 0.4) is 0 Å². The molecule has 8 nitrogen and oxygen atoms in total. The fraction of sp³-hybridized carbons (Fsp3) is 0.429. The normalized spacial score (nSPS) is 13.2. The highest BCUT2D eigenvalue weighted by molar-refractivity contribution is 8.03. The minimum absolute atomic E-state index is 0.0561. The first kappa shape index (κ1) is 39.9. The molecule has 4 rings (SSSR count). The first-order valence-corrected chi connectivity index (χ1v) is 18.7. The van der Waals surface area contributed by atoms with Crippen molar-refractivity contribution in [1.82, 2.24) is 20.2 Å². The summed E-state index contributed by atoms with van der Waals surface area (Å²) in [6.07, 6.45) is 6.16. The highest BCUT2D eigenvalue weighted by Gasteiger charge is 2.27. The van der Waals surface area contributed by atoms with Gasteiger partial charge in [-0.1, -0.05) is 52.5 Å². The molecule has 0 aliphatic rings. The van der Waals surface area contributed by atoms with Crippen LogP contribution in [-0.4, -0.2) is 55.8 Å². The zero-order chi connectivity index (χ0) is 37.1. The lowest BCUT2D eigenvalue weighted by Crippen LogP contribution is -2.42. The number of nitrogens with one attached hydrogen (secondary N) is 3. The van der Waals surface area contributed by atoms with Gasteiger partial charge in [-0.25, -0.2) is 0 Å². The molecule has 0 spiro atoms. The van der Waals surface area contributed by atoms with E-state index in [1.807, 2.05) is 37.7 Å². The Balaban J connectivity index is 1.89. The predicted octanol–water partition coefficient (Wildman–Crippen LogP) is 8.80. The first-order chi connectivity index (χ1) is 24.5. The molecule has 0 amide bonds. The van der Waals surface area contributed by atoms with E-state index in [2.05, 4.69) is 104 Å². The Morgan fingerprint density at radius 3 is 2.53 bits per heavy atom. The number of nitrogens with zero attached hydrogens (tertiary/aromatic N) is 2. The smallest absolute Gasteiger partial charge is 0.142 e. The quantitative estimate of drug-likeness (QED) is 0.0620. The fourth-order valence-corrected chi connectivity index (χ4v) is 7.53. The number of carbonyl (C=O) groups is 1. The number of pyridine rings is 1. The van der Waals surface area contributed by atoms with Crippen molar-refractivity contribution in [2.45, 2.75) is 79.6 Å². The number of methoxy groups -OCH3 is 2. The number of rotatable bonds is 20. The van der Waals surface area contributed by atoms with E-state index in [4.69, 9.17) is 14.5 Å². The maximum atomic E-state index is 12.4. The second-order valence-corrected chi connectivity index (χ2v) is 15.0. The van der Waals surface area contributed by atoms with E-state index in [1.54, 1.807) is 14.2 Å². The number of anilines is 1. The summed E-state index contributed by atoms with van der Waals surface area (Å²) in [6, 6.07) is 17.1. The van der Waals surface area contributed by atoms with Gasteiger partial charge < -0.3 is 34.2 Å². The Morgan fingerprint density at radius 1 is 1.10 bits per heavy atom. The number of likely N-dealkylation sites (N-methyl/N-ethyl adjacent to an activating group) is 1. The van der Waals surface area contributed by atoms with Crippen LogP contribution in [0.1, 0.15) is 58.4 Å². The fourth-order valence-electron chi connectivity index (χ4n) is 7.08. The Morgan fingerprint density at radius 2 is 1.88 bits per heavy atom. The molecule has 51 heavy (non-hydrogen) atoms. The Bertz CT molecular complexity index is 1810. The lowest BCUT2D eigenvalue weighted by atomic mass is 9.84. The van der Waals surface area contributed by atoms with Gasteiger partial charge in [0.25, 0.3) is 0 Å². The SMILES string of the molecule is C=C(NC(C=O)Cc1cc(NS/C=C/C)cc(-c2ccc3c(c2)c(CC(C)(C)COC)c(-c2cccnc2COC)n3CC)c1)[C@@H](NC)C(C)C. The van der Waals surface area contributed by atoms with E-state index in [1.165, 1.54) is 34.1 Å². The van der Waals surface area contributed by atoms with Crippen molar-refractivity contribution in [1.29, 1.82) is 0 Å². The number of aryl methyl sites for hydroxylation is 1. The molecule has 2 heterocycles. The Hall–Kier alpha value is -3.89. The van der Waals surface area contributed by atoms with Crippen LogP contribution in [0.2, 0.25) is 0 Å². The third-order valence-corrected chi connectivity index (χ3v) is 9.91. The van der Waals surface area contributed by atoms with Crippen molar-refractivity contribution in [3.8, 4) is 22.4 Å². The van der Waals surface area contributed by atoms with Gasteiger partial charge in [-0.05, 0) is 121 Å². The molecule has 0 aliphatic heterocycles. The molecule has 2 aromatic carbocycles. The van der Waals surface area contributed by atoms with Gasteiger partial charge in [-0.15, -0.1) is 0 Å². The number of fused-ring (bicyclic) bond motifs is 1. The third-order valence-electron chi connectivity index (χ3n) is 9.15. The molecule has 2 atom stereocenters. The topological polar surface area (TPSA) is 89.4 Å². The van der Waals surface area contributed by atoms with Crippen LogP contribution in [0, 0.1) is 11.3 Å². The van der Waals surface area contributed by atoms with Crippen molar-refractivity contribution >= 4 is 34.8 Å². The Kier molecular flexibility index (Phi) is 14.5. The second-order valence-electron chi connectivity index (χ2n) is 14.2. The van der Waals surface area contributed by atoms with E-state index in [0.717, 1.165) is 58.6 Å². The summed E-state index contributed by atoms with van der Waals surface area (Å²) < 4.78 is 17.2. The largest absolute Gasteiger partial charge is 0.384 e. The van der Waals surface area contributed by atoms with Gasteiger partial charge in [-0.2, -0.15) is 0 Å². The van der Waals surface area contributed by atoms with E-state index in [0.29, 0.717) is 25.6 Å². The average molecular weight is 712 g/mol. The molecule has 4 aromatic rings. The molecular weight excluding hydrogens is 655 g/mol. The van der Waals surface area contributed by atoms with E-state index >= 15 is 0 Å². The average Bonchev–Trinajstić information content (AvgIpc) is 3.39. The highest BCUT2D eigenvalue weighted by atomic mass is 32.2. The van der Waals surface area contributed by atoms with Crippen LogP contribution < -0.4 is 15.4 Å². The summed E-state index contributed by atoms with van der Waals surface area (Å²) in [5, 5.41) is 9.94. The zero-order valence-electron chi connectivity index (χ0n) is 31.9. The summed E-state index contributed by atoms with van der Waals surface area (Å²) in [7, 11) is 5.40. The second kappa shape index (κ2) is 18.6. The minimum Gasteiger partial charge on any atom is -0.384 e. The van der Waals surface area contributed by atoms with E-state index in [-0.39, 0.29) is 11.5 Å². The lowest BCUT2D eigenvalue weighted by Gasteiger charge is -2.26. The minimum atomic E-state index is -0.419. The summed E-state index contributed by atoms with van der Waals surface area (Å²) in [5.41, 5.74) is 10.5. The number of ether oxygens (including phenoxy) is 2. The molecule has 274 valence electrons. The standard InChI is InChI=1S/C42H57N5O3S/c1-11-18-51-46-33-20-30(21-34(25-48)45-29(5)40(43-8)28(3)4)19-32(22-33)31-15-16-39-36(23-31)37(24-42(6,7)27-50-10)41(47(39)12-2)35-14-13-17-44-38(35)26-49-9/h11,13-20,22-23,25,28,34,40,43,45-46H,5,12,21,24,26-27H2,1-4,6-10H3/b18-11+/t34?,40-/m0/s1. The maximum Gasteiger partial charge on any atom is 0.142 e. The molecule has 0 fully saturated rings.